The van der Waals surface area contributed by atoms with Crippen molar-refractivity contribution in [2.24, 2.45) is 7.05 Å². The van der Waals surface area contributed by atoms with E-state index in [0.29, 0.717) is 0 Å². The maximum absolute atomic E-state index is 2.40. The molecule has 1 aromatic heterocycles. The minimum Gasteiger partial charge on any atom is -1.00 e. The standard InChI is InChI=1S/C21H21N2S2.HI/c1-4-23-17-11-7-8-12-18(17)24-21(23)13-20-22(3)14-19(25-20)16-10-6-5-9-15(16)2;/h5-14H,4H2,1-3H3;1H/q+1;/p-1. The molecule has 3 aromatic rings. The molecule has 1 aliphatic rings. The fraction of sp³-hybridized carbons (Fsp3) is 0.190. The van der Waals surface area contributed by atoms with Crippen LogP contribution in [0.15, 0.2) is 64.7 Å². The predicted octanol–water partition coefficient (Wildman–Crippen LogP) is 2.48. The van der Waals surface area contributed by atoms with Gasteiger partial charge in [-0.15, -0.1) is 0 Å². The van der Waals surface area contributed by atoms with E-state index in [1.54, 1.807) is 0 Å². The Bertz CT molecular complexity index is 962. The monoisotopic (exact) mass is 492 g/mol. The molecule has 0 fully saturated rings. The molecule has 0 radical (unpaired) electrons. The van der Waals surface area contributed by atoms with Gasteiger partial charge in [0.25, 0.3) is 5.01 Å². The number of nitrogens with zero attached hydrogens (tertiary/aromatic N) is 2. The Balaban J connectivity index is 0.00000196. The molecule has 0 aliphatic carbocycles. The SMILES string of the molecule is CCN1/C(=C/c2sc(-c3ccccc3C)c[n+]2C)Sc2ccccc21.[I-]. The summed E-state index contributed by atoms with van der Waals surface area (Å²) >= 11 is 3.71. The van der Waals surface area contributed by atoms with Crippen LogP contribution in [0.25, 0.3) is 16.5 Å². The van der Waals surface area contributed by atoms with Crippen molar-refractivity contribution in [3.8, 4) is 10.4 Å². The summed E-state index contributed by atoms with van der Waals surface area (Å²) in [5.74, 6) is 0. The van der Waals surface area contributed by atoms with Gasteiger partial charge in [0.1, 0.15) is 11.9 Å². The second kappa shape index (κ2) is 8.15. The summed E-state index contributed by atoms with van der Waals surface area (Å²) in [5, 5.41) is 2.57. The number of aryl methyl sites for hydroxylation is 2. The Morgan fingerprint density at radius 1 is 1.08 bits per heavy atom. The summed E-state index contributed by atoms with van der Waals surface area (Å²) in [4.78, 5) is 5.05. The van der Waals surface area contributed by atoms with Crippen molar-refractivity contribution >= 4 is 34.9 Å². The molecular formula is C21H21IN2S2. The van der Waals surface area contributed by atoms with Gasteiger partial charge in [-0.2, -0.15) is 4.57 Å². The highest BCUT2D eigenvalue weighted by atomic mass is 127. The summed E-state index contributed by atoms with van der Waals surface area (Å²) < 4.78 is 2.23. The van der Waals surface area contributed by atoms with E-state index in [2.05, 4.69) is 91.2 Å². The molecule has 0 unspecified atom stereocenters. The highest BCUT2D eigenvalue weighted by Gasteiger charge is 2.25. The number of aromatic nitrogens is 1. The van der Waals surface area contributed by atoms with Crippen molar-refractivity contribution in [2.75, 3.05) is 11.4 Å². The normalized spacial score (nSPS) is 14.4. The molecule has 0 saturated carbocycles. The maximum Gasteiger partial charge on any atom is 0.264 e. The molecule has 2 aromatic carbocycles. The van der Waals surface area contributed by atoms with E-state index in [1.807, 2.05) is 23.1 Å². The molecule has 134 valence electrons. The molecule has 26 heavy (non-hydrogen) atoms. The van der Waals surface area contributed by atoms with Gasteiger partial charge in [-0.05, 0) is 31.5 Å². The fourth-order valence-electron chi connectivity index (χ4n) is 3.15. The Morgan fingerprint density at radius 2 is 1.81 bits per heavy atom. The second-order valence-corrected chi connectivity index (χ2v) is 8.28. The highest BCUT2D eigenvalue weighted by molar-refractivity contribution is 8.03. The largest absolute Gasteiger partial charge is 1.00 e. The van der Waals surface area contributed by atoms with Crippen molar-refractivity contribution in [3.05, 3.63) is 70.3 Å². The van der Waals surface area contributed by atoms with Crippen molar-refractivity contribution in [1.29, 1.82) is 0 Å². The Kier molecular flexibility index (Phi) is 6.10. The van der Waals surface area contributed by atoms with E-state index in [9.17, 15) is 0 Å². The van der Waals surface area contributed by atoms with Crippen LogP contribution in [0.3, 0.4) is 0 Å². The van der Waals surface area contributed by atoms with E-state index >= 15 is 0 Å². The highest BCUT2D eigenvalue weighted by Crippen LogP contribution is 2.46. The molecule has 5 heteroatoms. The van der Waals surface area contributed by atoms with Gasteiger partial charge in [-0.25, -0.2) is 0 Å². The minimum atomic E-state index is 0. The molecule has 1 aliphatic heterocycles. The number of thiazole rings is 1. The van der Waals surface area contributed by atoms with Crippen molar-refractivity contribution in [2.45, 2.75) is 18.7 Å². The quantitative estimate of drug-likeness (QED) is 0.410. The first-order chi connectivity index (χ1) is 12.2. The summed E-state index contributed by atoms with van der Waals surface area (Å²) in [5.41, 5.74) is 3.96. The number of benzene rings is 2. The predicted molar refractivity (Wildman–Crippen MR) is 109 cm³/mol. The molecule has 0 saturated heterocycles. The van der Waals surface area contributed by atoms with Crippen LogP contribution in [0, 0.1) is 6.92 Å². The first kappa shape index (κ1) is 19.5. The molecule has 0 bridgehead atoms. The number of fused-ring (bicyclic) bond motifs is 1. The van der Waals surface area contributed by atoms with Gasteiger partial charge in [0.2, 0.25) is 0 Å². The topological polar surface area (TPSA) is 7.12 Å². The van der Waals surface area contributed by atoms with Crippen molar-refractivity contribution in [3.63, 3.8) is 0 Å². The molecular weight excluding hydrogens is 471 g/mol. The maximum atomic E-state index is 2.40. The zero-order valence-electron chi connectivity index (χ0n) is 15.1. The van der Waals surface area contributed by atoms with Gasteiger partial charge in [0.05, 0.1) is 16.8 Å². The molecule has 4 rings (SSSR count). The van der Waals surface area contributed by atoms with Crippen LogP contribution >= 0.6 is 23.1 Å². The van der Waals surface area contributed by atoms with Crippen LogP contribution in [0.1, 0.15) is 17.5 Å². The van der Waals surface area contributed by atoms with E-state index in [-0.39, 0.29) is 24.0 Å². The summed E-state index contributed by atoms with van der Waals surface area (Å²) in [6.07, 6.45) is 4.56. The van der Waals surface area contributed by atoms with Crippen molar-refractivity contribution < 1.29 is 28.5 Å². The Labute approximate surface area is 180 Å². The summed E-state index contributed by atoms with van der Waals surface area (Å²) in [6, 6.07) is 17.2. The lowest BCUT2D eigenvalue weighted by Crippen LogP contribution is -3.00. The van der Waals surface area contributed by atoms with E-state index < -0.39 is 0 Å². The molecule has 0 amide bonds. The van der Waals surface area contributed by atoms with E-state index in [1.165, 1.54) is 36.6 Å². The number of anilines is 1. The third kappa shape index (κ3) is 3.57. The van der Waals surface area contributed by atoms with Gasteiger partial charge in [0.15, 0.2) is 6.20 Å². The van der Waals surface area contributed by atoms with Crippen LogP contribution in [0.5, 0.6) is 0 Å². The van der Waals surface area contributed by atoms with Crippen molar-refractivity contribution in [1.82, 2.24) is 0 Å². The lowest BCUT2D eigenvalue weighted by Gasteiger charge is -2.17. The lowest BCUT2D eigenvalue weighted by atomic mass is 10.1. The van der Waals surface area contributed by atoms with Crippen LogP contribution < -0.4 is 33.4 Å². The Morgan fingerprint density at radius 3 is 2.58 bits per heavy atom. The molecule has 2 nitrogen and oxygen atoms in total. The average Bonchev–Trinajstić information content (AvgIpc) is 3.15. The second-order valence-electron chi connectivity index (χ2n) is 6.16. The summed E-state index contributed by atoms with van der Waals surface area (Å²) in [6.45, 7) is 5.37. The number of hydrogen-bond donors (Lipinski definition) is 0. The zero-order valence-corrected chi connectivity index (χ0v) is 18.9. The average molecular weight is 492 g/mol. The summed E-state index contributed by atoms with van der Waals surface area (Å²) in [7, 11) is 2.13. The smallest absolute Gasteiger partial charge is 0.264 e. The van der Waals surface area contributed by atoms with Crippen LogP contribution in [0.4, 0.5) is 5.69 Å². The number of para-hydroxylation sites is 1. The fourth-order valence-corrected chi connectivity index (χ4v) is 5.53. The van der Waals surface area contributed by atoms with Crippen LogP contribution in [-0.4, -0.2) is 6.54 Å². The number of hydrogen-bond acceptors (Lipinski definition) is 3. The Hall–Kier alpha value is -1.31. The van der Waals surface area contributed by atoms with Gasteiger partial charge < -0.3 is 28.9 Å². The first-order valence-corrected chi connectivity index (χ1v) is 10.1. The molecule has 0 atom stereocenters. The minimum absolute atomic E-state index is 0. The van der Waals surface area contributed by atoms with E-state index in [0.717, 1.165) is 6.54 Å². The molecule has 0 spiro atoms. The molecule has 2 heterocycles. The third-order valence-electron chi connectivity index (χ3n) is 4.48. The van der Waals surface area contributed by atoms with Crippen LogP contribution in [-0.2, 0) is 7.05 Å². The molecule has 0 N–H and O–H groups in total. The lowest BCUT2D eigenvalue weighted by molar-refractivity contribution is -0.667. The number of rotatable bonds is 3. The first-order valence-electron chi connectivity index (χ1n) is 8.49. The van der Waals surface area contributed by atoms with Gasteiger partial charge in [-0.1, -0.05) is 59.5 Å². The van der Waals surface area contributed by atoms with Gasteiger partial charge >= 0.3 is 0 Å². The van der Waals surface area contributed by atoms with Gasteiger partial charge in [-0.3, -0.25) is 0 Å². The van der Waals surface area contributed by atoms with Crippen LogP contribution in [0.2, 0.25) is 0 Å². The number of halogens is 1. The van der Waals surface area contributed by atoms with Gasteiger partial charge in [0, 0.05) is 17.0 Å². The number of thioether (sulfide) groups is 1. The zero-order chi connectivity index (χ0) is 17.4. The van der Waals surface area contributed by atoms with E-state index in [4.69, 9.17) is 0 Å². The third-order valence-corrected chi connectivity index (χ3v) is 6.76.